The maximum atomic E-state index is 12.7. The summed E-state index contributed by atoms with van der Waals surface area (Å²) in [6.07, 6.45) is 0.247. The van der Waals surface area contributed by atoms with Crippen LogP contribution in [0.5, 0.6) is 5.75 Å². The molecule has 0 radical (unpaired) electrons. The average Bonchev–Trinajstić information content (AvgIpc) is 2.41. The smallest absolute Gasteiger partial charge is 0.174 e. The second kappa shape index (κ2) is 6.48. The molecule has 0 spiro atoms. The molecule has 0 unspecified atom stereocenters. The summed E-state index contributed by atoms with van der Waals surface area (Å²) in [6, 6.07) is 13.2. The zero-order valence-electron chi connectivity index (χ0n) is 10.1. The maximum Gasteiger partial charge on any atom is 0.174 e. The van der Waals surface area contributed by atoms with Gasteiger partial charge in [-0.2, -0.15) is 0 Å². The minimum Gasteiger partial charge on any atom is -0.486 e. The Bertz CT molecular complexity index is 549. The van der Waals surface area contributed by atoms with Gasteiger partial charge in [0.15, 0.2) is 5.78 Å². The molecular formula is C15H12BrFO2. The Hall–Kier alpha value is -1.68. The molecule has 0 N–H and O–H groups in total. The predicted octanol–water partition coefficient (Wildman–Crippen LogP) is 3.78. The first-order valence-electron chi connectivity index (χ1n) is 5.78. The van der Waals surface area contributed by atoms with Gasteiger partial charge in [-0.15, -0.1) is 0 Å². The van der Waals surface area contributed by atoms with Crippen LogP contribution in [0.2, 0.25) is 0 Å². The van der Waals surface area contributed by atoms with Crippen LogP contribution in [0.3, 0.4) is 0 Å². The summed E-state index contributed by atoms with van der Waals surface area (Å²) in [6.45, 7) is 0.0129. The summed E-state index contributed by atoms with van der Waals surface area (Å²) in [5.41, 5.74) is 0.783. The molecule has 0 fully saturated rings. The molecule has 98 valence electrons. The Morgan fingerprint density at radius 2 is 1.68 bits per heavy atom. The molecular weight excluding hydrogens is 311 g/mol. The number of benzene rings is 2. The minimum atomic E-state index is -0.303. The van der Waals surface area contributed by atoms with Gasteiger partial charge in [0.1, 0.15) is 18.2 Å². The van der Waals surface area contributed by atoms with Crippen LogP contribution in [0.1, 0.15) is 5.56 Å². The van der Waals surface area contributed by atoms with E-state index in [9.17, 15) is 9.18 Å². The van der Waals surface area contributed by atoms with Crippen molar-refractivity contribution in [2.45, 2.75) is 6.42 Å². The second-order valence-electron chi connectivity index (χ2n) is 4.08. The fraction of sp³-hybridized carbons (Fsp3) is 0.133. The van der Waals surface area contributed by atoms with E-state index >= 15 is 0 Å². The van der Waals surface area contributed by atoms with Crippen molar-refractivity contribution < 1.29 is 13.9 Å². The fourth-order valence-corrected chi connectivity index (χ4v) is 1.84. The highest BCUT2D eigenvalue weighted by Gasteiger charge is 2.05. The Labute approximate surface area is 119 Å². The number of hydrogen-bond donors (Lipinski definition) is 0. The molecule has 0 bridgehead atoms. The standard InChI is InChI=1S/C15H12BrFO2/c16-12-3-7-15(8-4-12)19-10-14(18)9-11-1-5-13(17)6-2-11/h1-8H,9-10H2. The molecule has 0 aliphatic carbocycles. The van der Waals surface area contributed by atoms with Crippen LogP contribution in [-0.2, 0) is 11.2 Å². The molecule has 19 heavy (non-hydrogen) atoms. The van der Waals surface area contributed by atoms with Crippen molar-refractivity contribution in [1.29, 1.82) is 0 Å². The number of carbonyl (C=O) groups is 1. The predicted molar refractivity (Wildman–Crippen MR) is 74.7 cm³/mol. The van der Waals surface area contributed by atoms with Gasteiger partial charge < -0.3 is 4.74 Å². The summed E-state index contributed by atoms with van der Waals surface area (Å²) in [5.74, 6) is 0.299. The van der Waals surface area contributed by atoms with Crippen LogP contribution < -0.4 is 4.74 Å². The molecule has 2 aromatic carbocycles. The van der Waals surface area contributed by atoms with E-state index in [1.165, 1.54) is 12.1 Å². The number of halogens is 2. The Kier molecular flexibility index (Phi) is 4.68. The van der Waals surface area contributed by atoms with Crippen molar-refractivity contribution >= 4 is 21.7 Å². The summed E-state index contributed by atoms with van der Waals surface area (Å²) >= 11 is 3.32. The molecule has 2 aromatic rings. The van der Waals surface area contributed by atoms with E-state index in [2.05, 4.69) is 15.9 Å². The highest BCUT2D eigenvalue weighted by atomic mass is 79.9. The first-order chi connectivity index (χ1) is 9.13. The van der Waals surface area contributed by atoms with Gasteiger partial charge in [-0.1, -0.05) is 28.1 Å². The van der Waals surface area contributed by atoms with Crippen molar-refractivity contribution in [3.8, 4) is 5.75 Å². The lowest BCUT2D eigenvalue weighted by Crippen LogP contribution is -2.13. The Morgan fingerprint density at radius 1 is 1.05 bits per heavy atom. The van der Waals surface area contributed by atoms with Crippen molar-refractivity contribution in [2.24, 2.45) is 0 Å². The van der Waals surface area contributed by atoms with E-state index in [0.29, 0.717) is 5.75 Å². The molecule has 2 rings (SSSR count). The lowest BCUT2D eigenvalue weighted by atomic mass is 10.1. The first kappa shape index (κ1) is 13.7. The van der Waals surface area contributed by atoms with E-state index in [1.54, 1.807) is 24.3 Å². The SMILES string of the molecule is O=C(COc1ccc(Br)cc1)Cc1ccc(F)cc1. The number of ketones is 1. The van der Waals surface area contributed by atoms with Gasteiger partial charge in [-0.25, -0.2) is 4.39 Å². The number of ether oxygens (including phenoxy) is 1. The number of Topliss-reactive ketones (excluding diaryl/α,β-unsaturated/α-hetero) is 1. The monoisotopic (exact) mass is 322 g/mol. The third-order valence-corrected chi connectivity index (χ3v) is 3.06. The molecule has 0 saturated heterocycles. The van der Waals surface area contributed by atoms with Crippen LogP contribution in [0.4, 0.5) is 4.39 Å². The number of hydrogen-bond acceptors (Lipinski definition) is 2. The van der Waals surface area contributed by atoms with Crippen molar-refractivity contribution in [1.82, 2.24) is 0 Å². The summed E-state index contributed by atoms with van der Waals surface area (Å²) in [4.78, 5) is 11.7. The minimum absolute atomic E-state index is 0.0129. The zero-order chi connectivity index (χ0) is 13.7. The lowest BCUT2D eigenvalue weighted by Gasteiger charge is -2.05. The van der Waals surface area contributed by atoms with Gasteiger partial charge in [-0.05, 0) is 42.0 Å². The quantitative estimate of drug-likeness (QED) is 0.837. The molecule has 0 aliphatic rings. The van der Waals surface area contributed by atoms with Gasteiger partial charge in [0, 0.05) is 10.9 Å². The van der Waals surface area contributed by atoms with Gasteiger partial charge in [-0.3, -0.25) is 4.79 Å². The van der Waals surface area contributed by atoms with E-state index < -0.39 is 0 Å². The maximum absolute atomic E-state index is 12.7. The summed E-state index contributed by atoms with van der Waals surface area (Å²) in [7, 11) is 0. The molecule has 0 heterocycles. The third kappa shape index (κ3) is 4.48. The number of rotatable bonds is 5. The molecule has 0 aromatic heterocycles. The normalized spacial score (nSPS) is 10.2. The van der Waals surface area contributed by atoms with E-state index in [1.807, 2.05) is 12.1 Å². The van der Waals surface area contributed by atoms with Gasteiger partial charge >= 0.3 is 0 Å². The van der Waals surface area contributed by atoms with E-state index in [4.69, 9.17) is 4.74 Å². The number of carbonyl (C=O) groups excluding carboxylic acids is 1. The van der Waals surface area contributed by atoms with Gasteiger partial charge in [0.2, 0.25) is 0 Å². The summed E-state index contributed by atoms with van der Waals surface area (Å²) < 4.78 is 19.0. The Morgan fingerprint density at radius 3 is 2.32 bits per heavy atom. The molecule has 0 amide bonds. The largest absolute Gasteiger partial charge is 0.486 e. The third-order valence-electron chi connectivity index (χ3n) is 2.53. The van der Waals surface area contributed by atoms with Crippen LogP contribution in [0.15, 0.2) is 53.0 Å². The highest BCUT2D eigenvalue weighted by molar-refractivity contribution is 9.10. The van der Waals surface area contributed by atoms with E-state index in [-0.39, 0.29) is 24.6 Å². The van der Waals surface area contributed by atoms with Crippen LogP contribution in [-0.4, -0.2) is 12.4 Å². The molecule has 0 atom stereocenters. The average molecular weight is 323 g/mol. The van der Waals surface area contributed by atoms with Crippen LogP contribution in [0, 0.1) is 5.82 Å². The molecule has 0 saturated carbocycles. The zero-order valence-corrected chi connectivity index (χ0v) is 11.7. The van der Waals surface area contributed by atoms with Crippen molar-refractivity contribution in [3.05, 3.63) is 64.4 Å². The van der Waals surface area contributed by atoms with Crippen LogP contribution in [0.25, 0.3) is 0 Å². The van der Waals surface area contributed by atoms with E-state index in [0.717, 1.165) is 10.0 Å². The fourth-order valence-electron chi connectivity index (χ4n) is 1.58. The van der Waals surface area contributed by atoms with Gasteiger partial charge in [0.05, 0.1) is 0 Å². The van der Waals surface area contributed by atoms with Crippen molar-refractivity contribution in [2.75, 3.05) is 6.61 Å². The Balaban J connectivity index is 1.84. The van der Waals surface area contributed by atoms with Gasteiger partial charge in [0.25, 0.3) is 0 Å². The topological polar surface area (TPSA) is 26.3 Å². The lowest BCUT2D eigenvalue weighted by molar-refractivity contribution is -0.120. The summed E-state index contributed by atoms with van der Waals surface area (Å²) in [5, 5.41) is 0. The molecule has 2 nitrogen and oxygen atoms in total. The van der Waals surface area contributed by atoms with Crippen LogP contribution >= 0.6 is 15.9 Å². The molecule has 0 aliphatic heterocycles. The highest BCUT2D eigenvalue weighted by Crippen LogP contribution is 2.16. The molecule has 4 heteroatoms. The first-order valence-corrected chi connectivity index (χ1v) is 6.57. The van der Waals surface area contributed by atoms with Crippen molar-refractivity contribution in [3.63, 3.8) is 0 Å². The second-order valence-corrected chi connectivity index (χ2v) is 5.00.